The maximum Gasteiger partial charge on any atom is 0.231 e. The lowest BCUT2D eigenvalue weighted by molar-refractivity contribution is 0.174. The van der Waals surface area contributed by atoms with Gasteiger partial charge in [0.25, 0.3) is 0 Å². The first-order valence-electron chi connectivity index (χ1n) is 8.44. The fourth-order valence-electron chi connectivity index (χ4n) is 3.10. The van der Waals surface area contributed by atoms with Gasteiger partial charge in [0.1, 0.15) is 0 Å². The van der Waals surface area contributed by atoms with Crippen molar-refractivity contribution in [2.45, 2.75) is 45.1 Å². The third-order valence-electron chi connectivity index (χ3n) is 4.44. The summed E-state index contributed by atoms with van der Waals surface area (Å²) < 4.78 is 12.7. The Kier molecular flexibility index (Phi) is 4.38. The van der Waals surface area contributed by atoms with Crippen LogP contribution in [0, 0.1) is 6.92 Å². The number of hydrogen-bond donors (Lipinski definition) is 0. The van der Waals surface area contributed by atoms with Crippen LogP contribution in [0.1, 0.15) is 43.4 Å². The van der Waals surface area contributed by atoms with Gasteiger partial charge in [-0.1, -0.05) is 19.3 Å². The van der Waals surface area contributed by atoms with Crippen LogP contribution < -0.4 is 14.3 Å². The van der Waals surface area contributed by atoms with E-state index in [0.29, 0.717) is 12.8 Å². The zero-order valence-electron chi connectivity index (χ0n) is 13.8. The maximum atomic E-state index is 5.42. The van der Waals surface area contributed by atoms with Gasteiger partial charge < -0.3 is 9.47 Å². The molecular weight excluding hydrogens is 322 g/mol. The van der Waals surface area contributed by atoms with Crippen molar-refractivity contribution in [3.05, 3.63) is 39.6 Å². The Balaban J connectivity index is 1.60. The van der Waals surface area contributed by atoms with Gasteiger partial charge in [-0.15, -0.1) is 11.3 Å². The second-order valence-corrected chi connectivity index (χ2v) is 7.09. The fraction of sp³-hybridized carbons (Fsp3) is 0.444. The normalized spacial score (nSPS) is 18.6. The molecule has 0 radical (unpaired) electrons. The Labute approximate surface area is 145 Å². The number of aromatic nitrogens is 1. The van der Waals surface area contributed by atoms with Crippen molar-refractivity contribution in [1.29, 1.82) is 0 Å². The van der Waals surface area contributed by atoms with Crippen LogP contribution in [0.25, 0.3) is 0 Å². The summed E-state index contributed by atoms with van der Waals surface area (Å²) in [5.74, 6) is 1.57. The van der Waals surface area contributed by atoms with Gasteiger partial charge in [0, 0.05) is 5.38 Å². The fourth-order valence-corrected chi connectivity index (χ4v) is 3.98. The van der Waals surface area contributed by atoms with Gasteiger partial charge in [0.15, 0.2) is 11.5 Å². The maximum absolute atomic E-state index is 5.42. The quantitative estimate of drug-likeness (QED) is 0.798. The summed E-state index contributed by atoms with van der Waals surface area (Å²) in [6, 6.07) is 6.30. The van der Waals surface area contributed by atoms with Crippen LogP contribution in [0.3, 0.4) is 0 Å². The van der Waals surface area contributed by atoms with Gasteiger partial charge in [0.2, 0.25) is 11.6 Å². The first kappa shape index (κ1) is 15.4. The SMILES string of the molecule is Cc1csc(=NC2CCCCC2)n1N=Cc1ccc2c(c1)OCO2. The molecule has 0 spiro atoms. The van der Waals surface area contributed by atoms with Crippen molar-refractivity contribution in [1.82, 2.24) is 4.68 Å². The molecule has 6 heteroatoms. The molecule has 0 bridgehead atoms. The van der Waals surface area contributed by atoms with Gasteiger partial charge in [-0.3, -0.25) is 4.99 Å². The minimum absolute atomic E-state index is 0.290. The van der Waals surface area contributed by atoms with Gasteiger partial charge in [-0.05, 0) is 43.5 Å². The summed E-state index contributed by atoms with van der Waals surface area (Å²) in [4.78, 5) is 5.91. The highest BCUT2D eigenvalue weighted by Crippen LogP contribution is 2.32. The van der Waals surface area contributed by atoms with Crippen LogP contribution in [0.15, 0.2) is 33.7 Å². The minimum Gasteiger partial charge on any atom is -0.454 e. The molecule has 0 saturated heterocycles. The second-order valence-electron chi connectivity index (χ2n) is 6.25. The average Bonchev–Trinajstić information content (AvgIpc) is 3.20. The summed E-state index contributed by atoms with van der Waals surface area (Å²) in [7, 11) is 0. The first-order chi connectivity index (χ1) is 11.8. The number of thiazole rings is 1. The molecule has 1 aromatic carbocycles. The highest BCUT2D eigenvalue weighted by atomic mass is 32.1. The molecule has 1 aromatic heterocycles. The first-order valence-corrected chi connectivity index (χ1v) is 9.32. The molecular formula is C18H21N3O2S. The molecule has 126 valence electrons. The molecule has 0 unspecified atom stereocenters. The lowest BCUT2D eigenvalue weighted by Crippen LogP contribution is -2.19. The molecule has 2 heterocycles. The van der Waals surface area contributed by atoms with Gasteiger partial charge >= 0.3 is 0 Å². The Morgan fingerprint density at radius 2 is 2.00 bits per heavy atom. The molecule has 0 atom stereocenters. The van der Waals surface area contributed by atoms with E-state index in [1.807, 2.05) is 29.1 Å². The molecule has 24 heavy (non-hydrogen) atoms. The number of nitrogens with zero attached hydrogens (tertiary/aromatic N) is 3. The van der Waals surface area contributed by atoms with Crippen molar-refractivity contribution in [3.63, 3.8) is 0 Å². The van der Waals surface area contributed by atoms with E-state index in [4.69, 9.17) is 14.5 Å². The lowest BCUT2D eigenvalue weighted by Gasteiger charge is -2.16. The molecule has 2 aliphatic rings. The molecule has 1 saturated carbocycles. The molecule has 1 aliphatic heterocycles. The van der Waals surface area contributed by atoms with Gasteiger partial charge in [0.05, 0.1) is 18.0 Å². The van der Waals surface area contributed by atoms with Crippen LogP contribution >= 0.6 is 11.3 Å². The van der Waals surface area contributed by atoms with E-state index >= 15 is 0 Å². The van der Waals surface area contributed by atoms with Crippen LogP contribution in [0.4, 0.5) is 0 Å². The number of benzene rings is 1. The molecule has 5 nitrogen and oxygen atoms in total. The molecule has 0 N–H and O–H groups in total. The van der Waals surface area contributed by atoms with Crippen LogP contribution in [0.5, 0.6) is 11.5 Å². The molecule has 0 amide bonds. The Hall–Kier alpha value is -2.08. The zero-order valence-corrected chi connectivity index (χ0v) is 14.6. The van der Waals surface area contributed by atoms with Crippen LogP contribution in [-0.4, -0.2) is 23.7 Å². The van der Waals surface area contributed by atoms with E-state index in [9.17, 15) is 0 Å². The predicted octanol–water partition coefficient (Wildman–Crippen LogP) is 3.70. The Morgan fingerprint density at radius 1 is 1.17 bits per heavy atom. The van der Waals surface area contributed by atoms with Crippen molar-refractivity contribution in [3.8, 4) is 11.5 Å². The van der Waals surface area contributed by atoms with Crippen LogP contribution in [-0.2, 0) is 0 Å². The molecule has 2 aromatic rings. The highest BCUT2D eigenvalue weighted by molar-refractivity contribution is 7.07. The topological polar surface area (TPSA) is 48.1 Å². The Bertz CT molecular complexity index is 816. The van der Waals surface area contributed by atoms with E-state index < -0.39 is 0 Å². The monoisotopic (exact) mass is 343 g/mol. The van der Waals surface area contributed by atoms with E-state index in [-0.39, 0.29) is 0 Å². The molecule has 1 fully saturated rings. The summed E-state index contributed by atoms with van der Waals surface area (Å²) in [5, 5.41) is 6.75. The summed E-state index contributed by atoms with van der Waals surface area (Å²) >= 11 is 1.66. The second kappa shape index (κ2) is 6.81. The van der Waals surface area contributed by atoms with Crippen molar-refractivity contribution in [2.75, 3.05) is 6.79 Å². The standard InChI is InChI=1S/C18H21N3O2S/c1-13-11-24-18(20-15-5-3-2-4-6-15)21(13)19-10-14-7-8-16-17(9-14)23-12-22-16/h7-11,15H,2-6,12H2,1H3. The number of aryl methyl sites for hydroxylation is 1. The van der Waals surface area contributed by atoms with Crippen LogP contribution in [0.2, 0.25) is 0 Å². The van der Waals surface area contributed by atoms with E-state index in [1.165, 1.54) is 32.1 Å². The number of ether oxygens (including phenoxy) is 2. The summed E-state index contributed by atoms with van der Waals surface area (Å²) in [6.45, 7) is 2.35. The minimum atomic E-state index is 0.290. The number of fused-ring (bicyclic) bond motifs is 1. The molecule has 4 rings (SSSR count). The predicted molar refractivity (Wildman–Crippen MR) is 95.0 cm³/mol. The third kappa shape index (κ3) is 3.24. The number of hydrogen-bond acceptors (Lipinski definition) is 5. The summed E-state index contributed by atoms with van der Waals surface area (Å²) in [6.07, 6.45) is 8.17. The van der Waals surface area contributed by atoms with Crippen molar-refractivity contribution in [2.24, 2.45) is 10.1 Å². The van der Waals surface area contributed by atoms with Gasteiger partial charge in [-0.2, -0.15) is 5.10 Å². The highest BCUT2D eigenvalue weighted by Gasteiger charge is 2.13. The summed E-state index contributed by atoms with van der Waals surface area (Å²) in [5.41, 5.74) is 2.09. The van der Waals surface area contributed by atoms with Gasteiger partial charge in [-0.25, -0.2) is 4.68 Å². The zero-order chi connectivity index (χ0) is 16.4. The van der Waals surface area contributed by atoms with E-state index in [1.54, 1.807) is 11.3 Å². The smallest absolute Gasteiger partial charge is 0.231 e. The van der Waals surface area contributed by atoms with Crippen molar-refractivity contribution >= 4 is 17.6 Å². The Morgan fingerprint density at radius 3 is 2.88 bits per heavy atom. The largest absolute Gasteiger partial charge is 0.454 e. The van der Waals surface area contributed by atoms with Crippen molar-refractivity contribution < 1.29 is 9.47 Å². The lowest BCUT2D eigenvalue weighted by atomic mass is 9.96. The third-order valence-corrected chi connectivity index (χ3v) is 5.38. The number of rotatable bonds is 3. The van der Waals surface area contributed by atoms with E-state index in [0.717, 1.165) is 27.6 Å². The molecule has 1 aliphatic carbocycles. The van der Waals surface area contributed by atoms with E-state index in [2.05, 4.69) is 17.4 Å². The average molecular weight is 343 g/mol.